The van der Waals surface area contributed by atoms with Crippen molar-refractivity contribution >= 4 is 45.7 Å². The van der Waals surface area contributed by atoms with Crippen molar-refractivity contribution in [2.75, 3.05) is 38.2 Å². The van der Waals surface area contributed by atoms with Gasteiger partial charge in [0, 0.05) is 49.0 Å². The monoisotopic (exact) mass is 435 g/mol. The quantitative estimate of drug-likeness (QED) is 0.592. The highest BCUT2D eigenvalue weighted by Gasteiger charge is 2.15. The van der Waals surface area contributed by atoms with Crippen LogP contribution in [0.5, 0.6) is 0 Å². The van der Waals surface area contributed by atoms with Crippen LogP contribution in [0, 0.1) is 5.82 Å². The number of rotatable bonds is 5. The highest BCUT2D eigenvalue weighted by molar-refractivity contribution is 6.37. The molecule has 4 rings (SSSR count). The van der Waals surface area contributed by atoms with E-state index < -0.39 is 11.7 Å². The van der Waals surface area contributed by atoms with Gasteiger partial charge in [-0.15, -0.1) is 0 Å². The second kappa shape index (κ2) is 8.71. The zero-order valence-electron chi connectivity index (χ0n) is 15.6. The van der Waals surface area contributed by atoms with Crippen molar-refractivity contribution in [2.45, 2.75) is 6.54 Å². The smallest absolute Gasteiger partial charge is 0.257 e. The molecular weight excluding hydrogens is 416 g/mol. The maximum Gasteiger partial charge on any atom is 0.257 e. The lowest BCUT2D eigenvalue weighted by Crippen LogP contribution is -2.38. The molecule has 0 unspecified atom stereocenters. The summed E-state index contributed by atoms with van der Waals surface area (Å²) in [5, 5.41) is 3.76. The lowest BCUT2D eigenvalue weighted by Gasteiger charge is -2.26. The molecule has 1 aliphatic heterocycles. The van der Waals surface area contributed by atoms with Gasteiger partial charge in [0.1, 0.15) is 5.82 Å². The minimum atomic E-state index is -0.686. The molecule has 1 amide bonds. The van der Waals surface area contributed by atoms with Gasteiger partial charge < -0.3 is 14.6 Å². The Morgan fingerprint density at radius 3 is 2.66 bits per heavy atom. The van der Waals surface area contributed by atoms with Crippen molar-refractivity contribution in [3.63, 3.8) is 0 Å². The maximum atomic E-state index is 13.7. The van der Waals surface area contributed by atoms with E-state index in [1.54, 1.807) is 0 Å². The number of fused-ring (bicyclic) bond motifs is 1. The lowest BCUT2D eigenvalue weighted by molar-refractivity contribution is 0.0365. The van der Waals surface area contributed by atoms with Gasteiger partial charge in [-0.05, 0) is 36.4 Å². The number of amides is 1. The number of carbonyl (C=O) groups excluding carboxylic acids is 1. The van der Waals surface area contributed by atoms with Gasteiger partial charge in [-0.1, -0.05) is 23.2 Å². The van der Waals surface area contributed by atoms with Crippen LogP contribution in [0.1, 0.15) is 10.4 Å². The van der Waals surface area contributed by atoms with Crippen LogP contribution in [-0.2, 0) is 11.3 Å². The number of ether oxygens (including phenoxy) is 1. The Balaban J connectivity index is 1.47. The van der Waals surface area contributed by atoms with Crippen LogP contribution >= 0.6 is 23.2 Å². The molecule has 2 heterocycles. The molecule has 0 spiro atoms. The number of aromatic nitrogens is 1. The standard InChI is InChI=1S/C21H20Cl2FN3O2/c22-17-13-18(23)19(24)12-16(17)21(28)25-15-1-2-20-14(11-15)3-4-27(20)6-5-26-7-9-29-10-8-26/h1-4,11-13H,5-10H2,(H,25,28). The van der Waals surface area contributed by atoms with Crippen LogP contribution < -0.4 is 5.32 Å². The minimum absolute atomic E-state index is 0.0387. The first-order valence-electron chi connectivity index (χ1n) is 9.36. The molecule has 0 bridgehead atoms. The topological polar surface area (TPSA) is 46.5 Å². The largest absolute Gasteiger partial charge is 0.379 e. The number of halogens is 3. The average molecular weight is 436 g/mol. The van der Waals surface area contributed by atoms with Crippen LogP contribution in [0.4, 0.5) is 10.1 Å². The molecule has 29 heavy (non-hydrogen) atoms. The lowest BCUT2D eigenvalue weighted by atomic mass is 10.2. The van der Waals surface area contributed by atoms with Gasteiger partial charge in [0.25, 0.3) is 5.91 Å². The first-order valence-corrected chi connectivity index (χ1v) is 10.1. The van der Waals surface area contributed by atoms with Gasteiger partial charge in [-0.2, -0.15) is 0 Å². The third-order valence-electron chi connectivity index (χ3n) is 5.04. The van der Waals surface area contributed by atoms with Gasteiger partial charge in [0.15, 0.2) is 0 Å². The summed E-state index contributed by atoms with van der Waals surface area (Å²) >= 11 is 11.7. The highest BCUT2D eigenvalue weighted by Crippen LogP contribution is 2.26. The third kappa shape index (κ3) is 4.56. The second-order valence-electron chi connectivity index (χ2n) is 6.94. The number of benzene rings is 2. The van der Waals surface area contributed by atoms with Gasteiger partial charge in [0.2, 0.25) is 0 Å². The Hall–Kier alpha value is -2.12. The molecule has 0 saturated carbocycles. The third-order valence-corrected chi connectivity index (χ3v) is 5.65. The summed E-state index contributed by atoms with van der Waals surface area (Å²) in [5.41, 5.74) is 1.74. The Labute approximate surface area is 177 Å². The van der Waals surface area contributed by atoms with Gasteiger partial charge in [0.05, 0.1) is 28.8 Å². The summed E-state index contributed by atoms with van der Waals surface area (Å²) in [6, 6.07) is 9.96. The zero-order valence-corrected chi connectivity index (χ0v) is 17.1. The fourth-order valence-electron chi connectivity index (χ4n) is 3.44. The van der Waals surface area contributed by atoms with Crippen LogP contribution in [0.3, 0.4) is 0 Å². The molecule has 1 saturated heterocycles. The Morgan fingerprint density at radius 1 is 1.07 bits per heavy atom. The van der Waals surface area contributed by atoms with E-state index in [1.807, 2.05) is 30.5 Å². The number of morpholine rings is 1. The summed E-state index contributed by atoms with van der Waals surface area (Å²) in [6.07, 6.45) is 2.04. The van der Waals surface area contributed by atoms with Crippen LogP contribution in [0.25, 0.3) is 10.9 Å². The number of anilines is 1. The minimum Gasteiger partial charge on any atom is -0.379 e. The summed E-state index contributed by atoms with van der Waals surface area (Å²) in [4.78, 5) is 14.9. The zero-order chi connectivity index (χ0) is 20.4. The van der Waals surface area contributed by atoms with E-state index in [-0.39, 0.29) is 15.6 Å². The normalized spacial score (nSPS) is 15.0. The van der Waals surface area contributed by atoms with Gasteiger partial charge >= 0.3 is 0 Å². The van der Waals surface area contributed by atoms with Crippen molar-refractivity contribution in [1.82, 2.24) is 9.47 Å². The molecule has 1 N–H and O–H groups in total. The maximum absolute atomic E-state index is 13.7. The van der Waals surface area contributed by atoms with E-state index in [9.17, 15) is 9.18 Å². The molecular formula is C21H20Cl2FN3O2. The summed E-state index contributed by atoms with van der Waals surface area (Å²) in [5.74, 6) is -1.18. The Morgan fingerprint density at radius 2 is 1.86 bits per heavy atom. The van der Waals surface area contributed by atoms with E-state index in [4.69, 9.17) is 27.9 Å². The fraction of sp³-hybridized carbons (Fsp3) is 0.286. The predicted octanol–water partition coefficient (Wildman–Crippen LogP) is 4.67. The van der Waals surface area contributed by atoms with Crippen LogP contribution in [0.2, 0.25) is 10.0 Å². The SMILES string of the molecule is O=C(Nc1ccc2c(ccn2CCN2CCOCC2)c1)c1cc(F)c(Cl)cc1Cl. The highest BCUT2D eigenvalue weighted by atomic mass is 35.5. The van der Waals surface area contributed by atoms with Crippen molar-refractivity contribution in [3.05, 3.63) is 64.0 Å². The Kier molecular flexibility index (Phi) is 6.06. The van der Waals surface area contributed by atoms with E-state index in [0.29, 0.717) is 5.69 Å². The van der Waals surface area contributed by atoms with Gasteiger partial charge in [-0.3, -0.25) is 9.69 Å². The second-order valence-corrected chi connectivity index (χ2v) is 7.75. The molecule has 1 fully saturated rings. The van der Waals surface area contributed by atoms with Crippen molar-refractivity contribution in [1.29, 1.82) is 0 Å². The Bertz CT molecular complexity index is 1050. The molecule has 3 aromatic rings. The fourth-order valence-corrected chi connectivity index (χ4v) is 3.91. The molecule has 0 atom stereocenters. The molecule has 8 heteroatoms. The molecule has 5 nitrogen and oxygen atoms in total. The summed E-state index contributed by atoms with van der Waals surface area (Å²) in [7, 11) is 0. The molecule has 0 radical (unpaired) electrons. The molecule has 2 aromatic carbocycles. The average Bonchev–Trinajstić information content (AvgIpc) is 3.12. The molecule has 152 valence electrons. The number of carbonyl (C=O) groups is 1. The predicted molar refractivity (Wildman–Crippen MR) is 114 cm³/mol. The molecule has 1 aromatic heterocycles. The van der Waals surface area contributed by atoms with Crippen molar-refractivity contribution in [3.8, 4) is 0 Å². The van der Waals surface area contributed by atoms with E-state index in [2.05, 4.69) is 14.8 Å². The van der Waals surface area contributed by atoms with Crippen molar-refractivity contribution in [2.24, 2.45) is 0 Å². The van der Waals surface area contributed by atoms with Crippen LogP contribution in [-0.4, -0.2) is 48.2 Å². The van der Waals surface area contributed by atoms with E-state index >= 15 is 0 Å². The molecule has 1 aliphatic rings. The summed E-state index contributed by atoms with van der Waals surface area (Å²) < 4.78 is 21.3. The summed E-state index contributed by atoms with van der Waals surface area (Å²) in [6.45, 7) is 5.35. The number of hydrogen-bond acceptors (Lipinski definition) is 3. The van der Waals surface area contributed by atoms with Crippen molar-refractivity contribution < 1.29 is 13.9 Å². The van der Waals surface area contributed by atoms with E-state index in [1.165, 1.54) is 6.07 Å². The van der Waals surface area contributed by atoms with E-state index in [0.717, 1.165) is 56.4 Å². The van der Waals surface area contributed by atoms with Gasteiger partial charge in [-0.25, -0.2) is 4.39 Å². The first kappa shape index (κ1) is 20.2. The number of hydrogen-bond donors (Lipinski definition) is 1. The number of nitrogens with one attached hydrogen (secondary N) is 1. The van der Waals surface area contributed by atoms with Crippen LogP contribution in [0.15, 0.2) is 42.6 Å². The molecule has 0 aliphatic carbocycles. The number of nitrogens with zero attached hydrogens (tertiary/aromatic N) is 2. The first-order chi connectivity index (χ1) is 14.0.